The molecule has 1 saturated heterocycles. The fourth-order valence-electron chi connectivity index (χ4n) is 2.72. The Morgan fingerprint density at radius 2 is 1.76 bits per heavy atom. The molecule has 10 heteroatoms. The highest BCUT2D eigenvalue weighted by atomic mass is 32.2. The molecule has 1 heterocycles. The van der Waals surface area contributed by atoms with Crippen LogP contribution in [0.4, 0.5) is 18.9 Å². The summed E-state index contributed by atoms with van der Waals surface area (Å²) in [6.07, 6.45) is -4.52. The van der Waals surface area contributed by atoms with Crippen LogP contribution in [0.2, 0.25) is 0 Å². The van der Waals surface area contributed by atoms with Crippen LogP contribution in [-0.2, 0) is 14.8 Å². The second kappa shape index (κ2) is 6.93. The van der Waals surface area contributed by atoms with Crippen LogP contribution in [0.1, 0.15) is 13.8 Å². The van der Waals surface area contributed by atoms with Gasteiger partial charge in [0.1, 0.15) is 6.04 Å². The molecule has 1 aromatic rings. The number of likely N-dealkylation sites (N-methyl/N-ethyl adjacent to an activating group) is 1. The highest BCUT2D eigenvalue weighted by Gasteiger charge is 2.49. The van der Waals surface area contributed by atoms with Crippen LogP contribution in [0, 0.1) is 0 Å². The van der Waals surface area contributed by atoms with E-state index in [1.165, 1.54) is 38.2 Å². The van der Waals surface area contributed by atoms with Gasteiger partial charge in [0.05, 0.1) is 4.90 Å². The summed E-state index contributed by atoms with van der Waals surface area (Å²) in [5.74, 6) is -0.309. The summed E-state index contributed by atoms with van der Waals surface area (Å²) in [6, 6.07) is 2.90. The first-order chi connectivity index (χ1) is 11.4. The molecular weight excluding hydrogens is 359 g/mol. The van der Waals surface area contributed by atoms with E-state index in [2.05, 4.69) is 5.32 Å². The Morgan fingerprint density at radius 3 is 2.24 bits per heavy atom. The molecule has 0 radical (unpaired) electrons. The molecule has 1 amide bonds. The number of piperazine rings is 1. The van der Waals surface area contributed by atoms with Crippen molar-refractivity contribution in [2.75, 3.05) is 25.5 Å². The third kappa shape index (κ3) is 4.31. The van der Waals surface area contributed by atoms with Crippen LogP contribution in [0.25, 0.3) is 0 Å². The first-order valence-corrected chi connectivity index (χ1v) is 9.03. The van der Waals surface area contributed by atoms with Gasteiger partial charge in [-0.15, -0.1) is 0 Å². The molecule has 2 rings (SSSR count). The summed E-state index contributed by atoms with van der Waals surface area (Å²) >= 11 is 0. The van der Waals surface area contributed by atoms with E-state index in [-0.39, 0.29) is 17.3 Å². The van der Waals surface area contributed by atoms with Crippen LogP contribution < -0.4 is 5.32 Å². The molecule has 6 nitrogen and oxygen atoms in total. The van der Waals surface area contributed by atoms with E-state index in [0.29, 0.717) is 5.69 Å². The molecule has 0 saturated carbocycles. The molecule has 1 aliphatic rings. The molecule has 140 valence electrons. The van der Waals surface area contributed by atoms with Crippen molar-refractivity contribution in [1.82, 2.24) is 9.21 Å². The van der Waals surface area contributed by atoms with Crippen LogP contribution in [0.15, 0.2) is 29.2 Å². The average molecular weight is 379 g/mol. The molecule has 1 fully saturated rings. The number of carbonyl (C=O) groups is 1. The number of nitrogens with one attached hydrogen (secondary N) is 1. The van der Waals surface area contributed by atoms with E-state index in [4.69, 9.17) is 0 Å². The lowest BCUT2D eigenvalue weighted by Crippen LogP contribution is -2.62. The predicted molar refractivity (Wildman–Crippen MR) is 86.6 cm³/mol. The monoisotopic (exact) mass is 379 g/mol. The number of hydrogen-bond donors (Lipinski definition) is 1. The van der Waals surface area contributed by atoms with Crippen molar-refractivity contribution >= 4 is 21.6 Å². The predicted octanol–water partition coefficient (Wildman–Crippen LogP) is 1.90. The number of hydrogen-bond acceptors (Lipinski definition) is 4. The Kier molecular flexibility index (Phi) is 5.45. The Bertz CT molecular complexity index is 735. The lowest BCUT2D eigenvalue weighted by molar-refractivity contribution is -0.194. The van der Waals surface area contributed by atoms with Gasteiger partial charge < -0.3 is 5.32 Å². The van der Waals surface area contributed by atoms with Crippen molar-refractivity contribution in [2.24, 2.45) is 0 Å². The van der Waals surface area contributed by atoms with Gasteiger partial charge in [-0.3, -0.25) is 9.69 Å². The van der Waals surface area contributed by atoms with Gasteiger partial charge >= 0.3 is 6.18 Å². The van der Waals surface area contributed by atoms with Gasteiger partial charge in [0.25, 0.3) is 0 Å². The van der Waals surface area contributed by atoms with E-state index in [9.17, 15) is 26.4 Å². The molecule has 2 atom stereocenters. The molecule has 0 aromatic heterocycles. The van der Waals surface area contributed by atoms with Gasteiger partial charge in [-0.25, -0.2) is 8.42 Å². The highest BCUT2D eigenvalue weighted by molar-refractivity contribution is 7.89. The summed E-state index contributed by atoms with van der Waals surface area (Å²) in [5.41, 5.74) is 0.409. The van der Waals surface area contributed by atoms with E-state index in [1.807, 2.05) is 0 Å². The van der Waals surface area contributed by atoms with Crippen LogP contribution >= 0.6 is 0 Å². The summed E-state index contributed by atoms with van der Waals surface area (Å²) in [5, 5.41) is 2.50. The molecule has 0 spiro atoms. The Balaban J connectivity index is 2.28. The van der Waals surface area contributed by atoms with E-state index in [0.717, 1.165) is 9.21 Å². The van der Waals surface area contributed by atoms with Crippen LogP contribution in [0.5, 0.6) is 0 Å². The lowest BCUT2D eigenvalue weighted by atomic mass is 10.1. The van der Waals surface area contributed by atoms with Gasteiger partial charge in [-0.2, -0.15) is 17.5 Å². The number of carbonyl (C=O) groups excluding carboxylic acids is 1. The minimum Gasteiger partial charge on any atom is -0.326 e. The topological polar surface area (TPSA) is 69.7 Å². The van der Waals surface area contributed by atoms with Crippen LogP contribution in [0.3, 0.4) is 0 Å². The standard InChI is InChI=1S/C15H20F3N3O3S/c1-10-8-21(9-14(20(10)3)15(16,17)18)25(23,24)13-6-4-12(5-7-13)19-11(2)22/h4-7,10,14H,8-9H2,1-3H3,(H,19,22). The molecule has 25 heavy (non-hydrogen) atoms. The Labute approximate surface area is 144 Å². The van der Waals surface area contributed by atoms with Crippen molar-refractivity contribution in [1.29, 1.82) is 0 Å². The van der Waals surface area contributed by atoms with Crippen molar-refractivity contribution in [3.05, 3.63) is 24.3 Å². The van der Waals surface area contributed by atoms with Crippen molar-refractivity contribution in [3.8, 4) is 0 Å². The van der Waals surface area contributed by atoms with Crippen molar-refractivity contribution in [3.63, 3.8) is 0 Å². The quantitative estimate of drug-likeness (QED) is 0.871. The van der Waals surface area contributed by atoms with Gasteiger partial charge in [0, 0.05) is 31.7 Å². The van der Waals surface area contributed by atoms with E-state index in [1.54, 1.807) is 6.92 Å². The zero-order chi connectivity index (χ0) is 19.0. The first-order valence-electron chi connectivity index (χ1n) is 7.59. The summed E-state index contributed by atoms with van der Waals surface area (Å²) < 4.78 is 65.9. The molecule has 0 aliphatic carbocycles. The number of nitrogens with zero attached hydrogens (tertiary/aromatic N) is 2. The third-order valence-corrected chi connectivity index (χ3v) is 6.07. The highest BCUT2D eigenvalue weighted by Crippen LogP contribution is 2.31. The molecular formula is C15H20F3N3O3S. The SMILES string of the molecule is CC(=O)Nc1ccc(S(=O)(=O)N2CC(C)N(C)C(C(F)(F)F)C2)cc1. The number of alkyl halides is 3. The van der Waals surface area contributed by atoms with Gasteiger partial charge in [0.2, 0.25) is 15.9 Å². The molecule has 1 aliphatic heterocycles. The fourth-order valence-corrected chi connectivity index (χ4v) is 4.25. The van der Waals surface area contributed by atoms with Gasteiger partial charge in [0.15, 0.2) is 0 Å². The maximum atomic E-state index is 13.2. The number of halogens is 3. The summed E-state index contributed by atoms with van der Waals surface area (Å²) in [6.45, 7) is 2.19. The number of amides is 1. The molecule has 1 N–H and O–H groups in total. The van der Waals surface area contributed by atoms with E-state index >= 15 is 0 Å². The normalized spacial score (nSPS) is 23.4. The smallest absolute Gasteiger partial charge is 0.326 e. The number of sulfonamides is 1. The Morgan fingerprint density at radius 1 is 1.20 bits per heavy atom. The van der Waals surface area contributed by atoms with Gasteiger partial charge in [-0.05, 0) is 38.2 Å². The lowest BCUT2D eigenvalue weighted by Gasteiger charge is -2.43. The van der Waals surface area contributed by atoms with Crippen molar-refractivity contribution in [2.45, 2.75) is 37.0 Å². The molecule has 0 bridgehead atoms. The zero-order valence-electron chi connectivity index (χ0n) is 14.0. The van der Waals surface area contributed by atoms with Crippen molar-refractivity contribution < 1.29 is 26.4 Å². The average Bonchev–Trinajstić information content (AvgIpc) is 2.48. The summed E-state index contributed by atoms with van der Waals surface area (Å²) in [7, 11) is -2.72. The second-order valence-electron chi connectivity index (χ2n) is 6.10. The minimum absolute atomic E-state index is 0.0289. The second-order valence-corrected chi connectivity index (χ2v) is 8.04. The maximum Gasteiger partial charge on any atom is 0.405 e. The fraction of sp³-hybridized carbons (Fsp3) is 0.533. The van der Waals surface area contributed by atoms with Gasteiger partial charge in [-0.1, -0.05) is 0 Å². The van der Waals surface area contributed by atoms with E-state index < -0.39 is 34.8 Å². The maximum absolute atomic E-state index is 13.2. The largest absolute Gasteiger partial charge is 0.405 e. The zero-order valence-corrected chi connectivity index (χ0v) is 14.9. The summed E-state index contributed by atoms with van der Waals surface area (Å²) in [4.78, 5) is 12.0. The van der Waals surface area contributed by atoms with Crippen LogP contribution in [-0.4, -0.2) is 61.9 Å². The minimum atomic E-state index is -4.52. The molecule has 2 unspecified atom stereocenters. The molecule has 1 aromatic carbocycles. The Hall–Kier alpha value is -1.65. The number of benzene rings is 1. The first kappa shape index (κ1) is 19.7. The third-order valence-electron chi connectivity index (χ3n) is 4.22. The number of anilines is 1. The number of rotatable bonds is 3.